The molecule has 1 atom stereocenters. The van der Waals surface area contributed by atoms with E-state index >= 15 is 0 Å². The predicted molar refractivity (Wildman–Crippen MR) is 98.9 cm³/mol. The van der Waals surface area contributed by atoms with Crippen molar-refractivity contribution in [2.75, 3.05) is 56.1 Å². The molecule has 0 spiro atoms. The van der Waals surface area contributed by atoms with Gasteiger partial charge < -0.3 is 25.2 Å². The van der Waals surface area contributed by atoms with E-state index in [1.807, 2.05) is 24.3 Å². The van der Waals surface area contributed by atoms with Gasteiger partial charge in [-0.15, -0.1) is 0 Å². The topological polar surface area (TPSA) is 56.8 Å². The third kappa shape index (κ3) is 5.69. The van der Waals surface area contributed by atoms with Crippen molar-refractivity contribution in [3.63, 3.8) is 0 Å². The predicted octanol–water partition coefficient (Wildman–Crippen LogP) is 2.38. The average molecular weight is 334 g/mol. The zero-order chi connectivity index (χ0) is 17.4. The first-order valence-corrected chi connectivity index (χ1v) is 8.86. The fourth-order valence-electron chi connectivity index (χ4n) is 2.85. The van der Waals surface area contributed by atoms with Crippen molar-refractivity contribution in [2.45, 2.75) is 26.9 Å². The van der Waals surface area contributed by atoms with Gasteiger partial charge >= 0.3 is 6.03 Å². The lowest BCUT2D eigenvalue weighted by Gasteiger charge is -2.33. The molecule has 6 heteroatoms. The number of morpholine rings is 1. The molecule has 0 aliphatic carbocycles. The number of hydrogen-bond acceptors (Lipinski definition) is 4. The summed E-state index contributed by atoms with van der Waals surface area (Å²) >= 11 is 0. The van der Waals surface area contributed by atoms with Crippen LogP contribution in [-0.2, 0) is 4.74 Å². The lowest BCUT2D eigenvalue weighted by Crippen LogP contribution is -2.41. The smallest absolute Gasteiger partial charge is 0.319 e. The lowest BCUT2D eigenvalue weighted by atomic mass is 10.2. The van der Waals surface area contributed by atoms with E-state index in [4.69, 9.17) is 4.74 Å². The number of hydrogen-bond donors (Lipinski definition) is 2. The second-order valence-corrected chi connectivity index (χ2v) is 6.08. The highest BCUT2D eigenvalue weighted by molar-refractivity contribution is 5.89. The SMILES string of the molecule is CCN(CC)CCNC(=O)Nc1ccc(N2CCOC(C)C2)cc1. The summed E-state index contributed by atoms with van der Waals surface area (Å²) in [6, 6.07) is 7.82. The maximum Gasteiger partial charge on any atom is 0.319 e. The number of anilines is 2. The van der Waals surface area contributed by atoms with Crippen LogP contribution < -0.4 is 15.5 Å². The van der Waals surface area contributed by atoms with E-state index in [2.05, 4.69) is 41.2 Å². The van der Waals surface area contributed by atoms with E-state index in [9.17, 15) is 4.79 Å². The van der Waals surface area contributed by atoms with Crippen LogP contribution in [0.4, 0.5) is 16.2 Å². The van der Waals surface area contributed by atoms with Gasteiger partial charge in [-0.25, -0.2) is 4.79 Å². The van der Waals surface area contributed by atoms with Crippen LogP contribution in [0.3, 0.4) is 0 Å². The van der Waals surface area contributed by atoms with E-state index in [1.165, 1.54) is 0 Å². The number of ether oxygens (including phenoxy) is 1. The molecule has 1 heterocycles. The quantitative estimate of drug-likeness (QED) is 0.804. The Labute approximate surface area is 145 Å². The van der Waals surface area contributed by atoms with Gasteiger partial charge in [-0.2, -0.15) is 0 Å². The monoisotopic (exact) mass is 334 g/mol. The summed E-state index contributed by atoms with van der Waals surface area (Å²) in [7, 11) is 0. The molecule has 1 aromatic carbocycles. The number of amides is 2. The highest BCUT2D eigenvalue weighted by atomic mass is 16.5. The van der Waals surface area contributed by atoms with Crippen LogP contribution >= 0.6 is 0 Å². The van der Waals surface area contributed by atoms with Gasteiger partial charge in [0.1, 0.15) is 0 Å². The fraction of sp³-hybridized carbons (Fsp3) is 0.611. The number of urea groups is 1. The standard InChI is InChI=1S/C18H30N4O2/c1-4-21(5-2)11-10-19-18(23)20-16-6-8-17(9-7-16)22-12-13-24-15(3)14-22/h6-9,15H,4-5,10-14H2,1-3H3,(H2,19,20,23). The van der Waals surface area contributed by atoms with Gasteiger partial charge in [0.05, 0.1) is 12.7 Å². The molecule has 0 aromatic heterocycles. The average Bonchev–Trinajstić information content (AvgIpc) is 2.59. The molecule has 0 bridgehead atoms. The third-order valence-corrected chi connectivity index (χ3v) is 4.34. The lowest BCUT2D eigenvalue weighted by molar-refractivity contribution is 0.0532. The van der Waals surface area contributed by atoms with Crippen LogP contribution in [0, 0.1) is 0 Å². The number of benzene rings is 1. The van der Waals surface area contributed by atoms with Crippen molar-refractivity contribution in [3.05, 3.63) is 24.3 Å². The Bertz CT molecular complexity index is 502. The van der Waals surface area contributed by atoms with E-state index in [-0.39, 0.29) is 12.1 Å². The van der Waals surface area contributed by atoms with Crippen molar-refractivity contribution in [3.8, 4) is 0 Å². The van der Waals surface area contributed by atoms with Crippen LogP contribution in [0.25, 0.3) is 0 Å². The number of nitrogens with zero attached hydrogens (tertiary/aromatic N) is 2. The van der Waals surface area contributed by atoms with Gasteiger partial charge in [0.15, 0.2) is 0 Å². The third-order valence-electron chi connectivity index (χ3n) is 4.34. The summed E-state index contributed by atoms with van der Waals surface area (Å²) in [5.74, 6) is 0. The molecule has 0 saturated carbocycles. The zero-order valence-electron chi connectivity index (χ0n) is 15.0. The maximum absolute atomic E-state index is 11.9. The second-order valence-electron chi connectivity index (χ2n) is 6.08. The van der Waals surface area contributed by atoms with Crippen LogP contribution in [0.2, 0.25) is 0 Å². The molecule has 0 radical (unpaired) electrons. The molecule has 1 aromatic rings. The molecule has 134 valence electrons. The summed E-state index contributed by atoms with van der Waals surface area (Å²) in [6.07, 6.45) is 0.258. The molecule has 2 amide bonds. The summed E-state index contributed by atoms with van der Waals surface area (Å²) in [4.78, 5) is 16.5. The van der Waals surface area contributed by atoms with Crippen LogP contribution in [0.5, 0.6) is 0 Å². The van der Waals surface area contributed by atoms with Crippen molar-refractivity contribution >= 4 is 17.4 Å². The number of carbonyl (C=O) groups excluding carboxylic acids is 1. The minimum absolute atomic E-state index is 0.157. The first-order chi connectivity index (χ1) is 11.6. The Balaban J connectivity index is 1.77. The zero-order valence-corrected chi connectivity index (χ0v) is 15.0. The highest BCUT2D eigenvalue weighted by Crippen LogP contribution is 2.20. The molecule has 1 aliphatic heterocycles. The normalized spacial score (nSPS) is 17.8. The van der Waals surface area contributed by atoms with Gasteiger partial charge in [0.25, 0.3) is 0 Å². The van der Waals surface area contributed by atoms with Gasteiger partial charge in [0.2, 0.25) is 0 Å². The molecule has 2 rings (SSSR count). The van der Waals surface area contributed by atoms with E-state index in [0.29, 0.717) is 6.54 Å². The van der Waals surface area contributed by atoms with Crippen molar-refractivity contribution in [2.24, 2.45) is 0 Å². The minimum Gasteiger partial charge on any atom is -0.375 e. The Hall–Kier alpha value is -1.79. The molecule has 2 N–H and O–H groups in total. The Morgan fingerprint density at radius 1 is 1.29 bits per heavy atom. The summed E-state index contributed by atoms with van der Waals surface area (Å²) in [6.45, 7) is 12.4. The molecule has 1 unspecified atom stereocenters. The minimum atomic E-state index is -0.157. The van der Waals surface area contributed by atoms with Crippen LogP contribution in [-0.4, -0.2) is 62.9 Å². The molecule has 6 nitrogen and oxygen atoms in total. The maximum atomic E-state index is 11.9. The molecular weight excluding hydrogens is 304 g/mol. The molecular formula is C18H30N4O2. The highest BCUT2D eigenvalue weighted by Gasteiger charge is 2.16. The van der Waals surface area contributed by atoms with Gasteiger partial charge in [-0.05, 0) is 44.3 Å². The van der Waals surface area contributed by atoms with Crippen molar-refractivity contribution in [1.82, 2.24) is 10.2 Å². The molecule has 1 saturated heterocycles. The first kappa shape index (κ1) is 18.5. The van der Waals surface area contributed by atoms with Crippen LogP contribution in [0.1, 0.15) is 20.8 Å². The van der Waals surface area contributed by atoms with Crippen molar-refractivity contribution < 1.29 is 9.53 Å². The van der Waals surface area contributed by atoms with Gasteiger partial charge in [-0.1, -0.05) is 13.8 Å². The largest absolute Gasteiger partial charge is 0.375 e. The molecule has 1 fully saturated rings. The Kier molecular flexibility index (Phi) is 7.34. The second kappa shape index (κ2) is 9.49. The van der Waals surface area contributed by atoms with Crippen LogP contribution in [0.15, 0.2) is 24.3 Å². The summed E-state index contributed by atoms with van der Waals surface area (Å²) in [5, 5.41) is 5.77. The fourth-order valence-corrected chi connectivity index (χ4v) is 2.85. The van der Waals surface area contributed by atoms with Crippen molar-refractivity contribution in [1.29, 1.82) is 0 Å². The van der Waals surface area contributed by atoms with E-state index in [1.54, 1.807) is 0 Å². The number of nitrogens with one attached hydrogen (secondary N) is 2. The summed E-state index contributed by atoms with van der Waals surface area (Å²) in [5.41, 5.74) is 1.97. The number of rotatable bonds is 7. The number of carbonyl (C=O) groups is 1. The molecule has 1 aliphatic rings. The number of likely N-dealkylation sites (N-methyl/N-ethyl adjacent to an activating group) is 1. The van der Waals surface area contributed by atoms with E-state index < -0.39 is 0 Å². The van der Waals surface area contributed by atoms with E-state index in [0.717, 1.165) is 50.7 Å². The Morgan fingerprint density at radius 2 is 2.00 bits per heavy atom. The molecule has 24 heavy (non-hydrogen) atoms. The van der Waals surface area contributed by atoms with Gasteiger partial charge in [0, 0.05) is 37.6 Å². The Morgan fingerprint density at radius 3 is 2.62 bits per heavy atom. The first-order valence-electron chi connectivity index (χ1n) is 8.86. The summed E-state index contributed by atoms with van der Waals surface area (Å²) < 4.78 is 5.57. The van der Waals surface area contributed by atoms with Gasteiger partial charge in [-0.3, -0.25) is 0 Å².